The molecule has 1 aromatic carbocycles. The Labute approximate surface area is 131 Å². The molecule has 104 valence electrons. The van der Waals surface area contributed by atoms with Crippen LogP contribution in [0.2, 0.25) is 20.1 Å². The van der Waals surface area contributed by atoms with Crippen molar-refractivity contribution in [2.45, 2.75) is 32.1 Å². The fourth-order valence-electron chi connectivity index (χ4n) is 2.17. The summed E-state index contributed by atoms with van der Waals surface area (Å²) in [4.78, 5) is 12.1. The molecule has 0 amide bonds. The number of hydrogen-bond donors (Lipinski definition) is 0. The van der Waals surface area contributed by atoms with Gasteiger partial charge >= 0.3 is 5.97 Å². The molecule has 0 unspecified atom stereocenters. The number of ether oxygens (including phenoxy) is 1. The zero-order valence-corrected chi connectivity index (χ0v) is 13.0. The summed E-state index contributed by atoms with van der Waals surface area (Å²) in [6, 6.07) is 1.42. The highest BCUT2D eigenvalue weighted by Gasteiger charge is 2.25. The van der Waals surface area contributed by atoms with E-state index in [4.69, 9.17) is 51.1 Å². The van der Waals surface area contributed by atoms with E-state index in [0.717, 1.165) is 32.1 Å². The van der Waals surface area contributed by atoms with Crippen molar-refractivity contribution < 1.29 is 9.53 Å². The fraction of sp³-hybridized carbons (Fsp3) is 0.462. The Hall–Kier alpha value is -0.150. The van der Waals surface area contributed by atoms with Crippen LogP contribution < -0.4 is 4.74 Å². The van der Waals surface area contributed by atoms with Gasteiger partial charge in [0.2, 0.25) is 0 Å². The van der Waals surface area contributed by atoms with Crippen LogP contribution in [0.25, 0.3) is 0 Å². The molecule has 1 fully saturated rings. The third-order valence-corrected chi connectivity index (χ3v) is 4.74. The minimum Gasteiger partial charge on any atom is -0.423 e. The van der Waals surface area contributed by atoms with E-state index in [1.165, 1.54) is 6.07 Å². The topological polar surface area (TPSA) is 26.3 Å². The van der Waals surface area contributed by atoms with Crippen LogP contribution in [0, 0.1) is 5.92 Å². The summed E-state index contributed by atoms with van der Waals surface area (Å²) < 4.78 is 5.31. The smallest absolute Gasteiger partial charge is 0.314 e. The van der Waals surface area contributed by atoms with E-state index in [2.05, 4.69) is 0 Å². The van der Waals surface area contributed by atoms with Crippen LogP contribution in [0.4, 0.5) is 0 Å². The lowest BCUT2D eigenvalue weighted by atomic mass is 9.89. The van der Waals surface area contributed by atoms with Crippen LogP contribution in [0.5, 0.6) is 5.75 Å². The Bertz CT molecular complexity index is 496. The zero-order valence-electron chi connectivity index (χ0n) is 10.0. The van der Waals surface area contributed by atoms with E-state index in [1.54, 1.807) is 0 Å². The minimum absolute atomic E-state index is 0.0725. The van der Waals surface area contributed by atoms with Gasteiger partial charge in [-0.1, -0.05) is 65.7 Å². The molecule has 1 aromatic rings. The summed E-state index contributed by atoms with van der Waals surface area (Å²) in [5.74, 6) is -0.300. The lowest BCUT2D eigenvalue weighted by Crippen LogP contribution is -2.23. The van der Waals surface area contributed by atoms with Gasteiger partial charge in [-0.2, -0.15) is 0 Å². The summed E-state index contributed by atoms with van der Waals surface area (Å²) in [6.45, 7) is 0. The second kappa shape index (κ2) is 6.53. The van der Waals surface area contributed by atoms with Gasteiger partial charge in [0, 0.05) is 0 Å². The molecular formula is C13H12Cl4O2. The maximum Gasteiger partial charge on any atom is 0.314 e. The Morgan fingerprint density at radius 3 is 2.26 bits per heavy atom. The van der Waals surface area contributed by atoms with Gasteiger partial charge in [-0.25, -0.2) is 0 Å². The Kier molecular flexibility index (Phi) is 5.24. The molecule has 0 spiro atoms. The van der Waals surface area contributed by atoms with Crippen molar-refractivity contribution >= 4 is 52.4 Å². The van der Waals surface area contributed by atoms with E-state index in [1.807, 2.05) is 0 Å². The highest BCUT2D eigenvalue weighted by molar-refractivity contribution is 6.50. The Morgan fingerprint density at radius 2 is 1.63 bits per heavy atom. The van der Waals surface area contributed by atoms with Crippen LogP contribution in [0.3, 0.4) is 0 Å². The number of esters is 1. The SMILES string of the molecule is O=C(Oc1c(Cl)cc(Cl)c(Cl)c1Cl)C1CCCCC1. The molecule has 1 aliphatic carbocycles. The monoisotopic (exact) mass is 340 g/mol. The number of benzene rings is 1. The van der Waals surface area contributed by atoms with E-state index >= 15 is 0 Å². The largest absolute Gasteiger partial charge is 0.423 e. The van der Waals surface area contributed by atoms with Crippen molar-refractivity contribution in [3.63, 3.8) is 0 Å². The molecule has 0 aromatic heterocycles. The number of carbonyl (C=O) groups excluding carboxylic acids is 1. The van der Waals surface area contributed by atoms with Crippen molar-refractivity contribution in [1.29, 1.82) is 0 Å². The summed E-state index contributed by atoms with van der Waals surface area (Å²) in [5.41, 5.74) is 0. The highest BCUT2D eigenvalue weighted by atomic mass is 35.5. The molecule has 1 aliphatic rings. The average molecular weight is 342 g/mol. The van der Waals surface area contributed by atoms with Crippen molar-refractivity contribution in [2.24, 2.45) is 5.92 Å². The fourth-order valence-corrected chi connectivity index (χ4v) is 3.15. The highest BCUT2D eigenvalue weighted by Crippen LogP contribution is 2.43. The molecule has 0 bridgehead atoms. The lowest BCUT2D eigenvalue weighted by molar-refractivity contribution is -0.139. The first-order chi connectivity index (χ1) is 9.00. The number of hydrogen-bond acceptors (Lipinski definition) is 2. The van der Waals surface area contributed by atoms with Gasteiger partial charge in [0.1, 0.15) is 5.02 Å². The number of halogens is 4. The molecule has 6 heteroatoms. The zero-order chi connectivity index (χ0) is 14.0. The van der Waals surface area contributed by atoms with Gasteiger partial charge in [-0.3, -0.25) is 4.79 Å². The van der Waals surface area contributed by atoms with Crippen molar-refractivity contribution in [1.82, 2.24) is 0 Å². The molecule has 2 rings (SSSR count). The molecular weight excluding hydrogens is 330 g/mol. The van der Waals surface area contributed by atoms with Gasteiger partial charge in [0.05, 0.1) is 21.0 Å². The van der Waals surface area contributed by atoms with E-state index in [-0.39, 0.29) is 37.7 Å². The summed E-state index contributed by atoms with van der Waals surface area (Å²) in [5, 5.41) is 0.625. The molecule has 0 heterocycles. The first-order valence-electron chi connectivity index (χ1n) is 6.05. The molecule has 1 saturated carbocycles. The van der Waals surface area contributed by atoms with Gasteiger partial charge in [-0.15, -0.1) is 0 Å². The Balaban J connectivity index is 2.19. The van der Waals surface area contributed by atoms with E-state index in [0.29, 0.717) is 0 Å². The molecule has 0 saturated heterocycles. The van der Waals surface area contributed by atoms with Crippen LogP contribution in [0.15, 0.2) is 6.07 Å². The van der Waals surface area contributed by atoms with Gasteiger partial charge in [0.25, 0.3) is 0 Å². The van der Waals surface area contributed by atoms with Crippen LogP contribution >= 0.6 is 46.4 Å². The molecule has 0 atom stereocenters. The number of rotatable bonds is 2. The predicted molar refractivity (Wildman–Crippen MR) is 78.7 cm³/mol. The maximum atomic E-state index is 12.1. The predicted octanol–water partition coefficient (Wildman–Crippen LogP) is 5.79. The third-order valence-electron chi connectivity index (χ3n) is 3.21. The quantitative estimate of drug-likeness (QED) is 0.294. The first kappa shape index (κ1) is 15.2. The molecule has 0 radical (unpaired) electrons. The van der Waals surface area contributed by atoms with Crippen LogP contribution in [-0.2, 0) is 4.79 Å². The Morgan fingerprint density at radius 1 is 1.00 bits per heavy atom. The van der Waals surface area contributed by atoms with E-state index in [9.17, 15) is 4.79 Å². The van der Waals surface area contributed by atoms with Crippen LogP contribution in [0.1, 0.15) is 32.1 Å². The van der Waals surface area contributed by atoms with Crippen molar-refractivity contribution in [2.75, 3.05) is 0 Å². The summed E-state index contributed by atoms with van der Waals surface area (Å²) in [7, 11) is 0. The molecule has 0 aliphatic heterocycles. The first-order valence-corrected chi connectivity index (χ1v) is 7.56. The average Bonchev–Trinajstić information content (AvgIpc) is 2.42. The molecule has 19 heavy (non-hydrogen) atoms. The van der Waals surface area contributed by atoms with Gasteiger partial charge in [-0.05, 0) is 18.9 Å². The summed E-state index contributed by atoms with van der Waals surface area (Å²) in [6.07, 6.45) is 4.94. The summed E-state index contributed by atoms with van der Waals surface area (Å²) >= 11 is 23.7. The van der Waals surface area contributed by atoms with Crippen molar-refractivity contribution in [3.8, 4) is 5.75 Å². The van der Waals surface area contributed by atoms with Gasteiger partial charge < -0.3 is 4.74 Å². The third kappa shape index (κ3) is 3.49. The molecule has 0 N–H and O–H groups in total. The second-order valence-electron chi connectivity index (χ2n) is 4.55. The van der Waals surface area contributed by atoms with Crippen molar-refractivity contribution in [3.05, 3.63) is 26.2 Å². The molecule has 2 nitrogen and oxygen atoms in total. The maximum absolute atomic E-state index is 12.1. The van der Waals surface area contributed by atoms with Gasteiger partial charge in [0.15, 0.2) is 5.75 Å². The standard InChI is InChI=1S/C13H12Cl4O2/c14-8-6-9(15)12(11(17)10(8)16)19-13(18)7-4-2-1-3-5-7/h6-7H,1-5H2. The number of carbonyl (C=O) groups is 1. The second-order valence-corrected chi connectivity index (χ2v) is 6.12. The van der Waals surface area contributed by atoms with Crippen LogP contribution in [-0.4, -0.2) is 5.97 Å². The minimum atomic E-state index is -0.304. The lowest BCUT2D eigenvalue weighted by Gasteiger charge is -2.20. The van der Waals surface area contributed by atoms with E-state index < -0.39 is 0 Å². The normalized spacial score (nSPS) is 16.4.